The van der Waals surface area contributed by atoms with Gasteiger partial charge in [-0.05, 0) is 31.9 Å². The summed E-state index contributed by atoms with van der Waals surface area (Å²) >= 11 is 0. The van der Waals surface area contributed by atoms with E-state index in [-0.39, 0.29) is 0 Å². The summed E-state index contributed by atoms with van der Waals surface area (Å²) in [4.78, 5) is 13.2. The number of unbranched alkanes of at least 4 members (excludes halogenated alkanes) is 1. The lowest BCUT2D eigenvalue weighted by molar-refractivity contribution is 0.398. The summed E-state index contributed by atoms with van der Waals surface area (Å²) in [6.45, 7) is 0.648. The predicted octanol–water partition coefficient (Wildman–Crippen LogP) is 2.29. The van der Waals surface area contributed by atoms with Crippen molar-refractivity contribution in [3.05, 3.63) is 30.0 Å². The number of ether oxygens (including phenoxy) is 1. The van der Waals surface area contributed by atoms with Crippen LogP contribution in [-0.2, 0) is 0 Å². The molecular formula is C18H22N6O. The van der Waals surface area contributed by atoms with Crippen molar-refractivity contribution >= 4 is 17.6 Å². The van der Waals surface area contributed by atoms with Crippen LogP contribution in [0.3, 0.4) is 0 Å². The van der Waals surface area contributed by atoms with E-state index in [0.29, 0.717) is 30.2 Å². The Bertz CT molecular complexity index is 779. The number of hydrogen-bond acceptors (Lipinski definition) is 7. The molecule has 1 fully saturated rings. The van der Waals surface area contributed by atoms with E-state index in [1.807, 2.05) is 12.1 Å². The van der Waals surface area contributed by atoms with Crippen molar-refractivity contribution in [2.75, 3.05) is 24.3 Å². The molecule has 0 unspecified atom stereocenters. The number of pyridine rings is 1. The minimum absolute atomic E-state index is 0.469. The average molecular weight is 338 g/mol. The van der Waals surface area contributed by atoms with E-state index in [4.69, 9.17) is 10.5 Å². The molecule has 2 heterocycles. The van der Waals surface area contributed by atoms with E-state index in [2.05, 4.69) is 37.4 Å². The molecule has 0 atom stereocenters. The van der Waals surface area contributed by atoms with E-state index in [1.165, 1.54) is 0 Å². The van der Waals surface area contributed by atoms with Crippen LogP contribution in [0.2, 0.25) is 0 Å². The van der Waals surface area contributed by atoms with Crippen LogP contribution >= 0.6 is 0 Å². The second kappa shape index (κ2) is 8.31. The predicted molar refractivity (Wildman–Crippen MR) is 97.9 cm³/mol. The van der Waals surface area contributed by atoms with Gasteiger partial charge in [0.2, 0.25) is 11.8 Å². The van der Waals surface area contributed by atoms with Crippen LogP contribution in [0.25, 0.3) is 0 Å². The van der Waals surface area contributed by atoms with E-state index in [0.717, 1.165) is 37.1 Å². The Balaban J connectivity index is 1.78. The fourth-order valence-electron chi connectivity index (χ4n) is 2.13. The van der Waals surface area contributed by atoms with Gasteiger partial charge in [-0.3, -0.25) is 0 Å². The molecule has 0 bridgehead atoms. The number of anilines is 3. The Morgan fingerprint density at radius 2 is 2.20 bits per heavy atom. The van der Waals surface area contributed by atoms with Crippen LogP contribution in [0.5, 0.6) is 5.88 Å². The molecule has 1 aliphatic rings. The van der Waals surface area contributed by atoms with Gasteiger partial charge < -0.3 is 21.1 Å². The quantitative estimate of drug-likeness (QED) is 0.526. The van der Waals surface area contributed by atoms with Crippen molar-refractivity contribution in [2.24, 2.45) is 5.73 Å². The van der Waals surface area contributed by atoms with E-state index in [9.17, 15) is 0 Å². The summed E-state index contributed by atoms with van der Waals surface area (Å²) in [5, 5.41) is 6.51. The highest BCUT2D eigenvalue weighted by Gasteiger charge is 2.22. The molecule has 0 radical (unpaired) electrons. The number of aromatic nitrogens is 3. The maximum atomic E-state index is 5.50. The molecule has 4 N–H and O–H groups in total. The number of nitrogens with one attached hydrogen (secondary N) is 2. The van der Waals surface area contributed by atoms with Crippen molar-refractivity contribution in [1.29, 1.82) is 0 Å². The summed E-state index contributed by atoms with van der Waals surface area (Å²) in [7, 11) is 1.58. The van der Waals surface area contributed by atoms with Gasteiger partial charge in [-0.25, -0.2) is 4.98 Å². The average Bonchev–Trinajstić information content (AvgIpc) is 3.44. The maximum absolute atomic E-state index is 5.50. The van der Waals surface area contributed by atoms with Gasteiger partial charge in [0, 0.05) is 18.5 Å². The lowest BCUT2D eigenvalue weighted by Crippen LogP contribution is -2.08. The summed E-state index contributed by atoms with van der Waals surface area (Å²) < 4.78 is 5.13. The highest BCUT2D eigenvalue weighted by molar-refractivity contribution is 5.58. The molecular weight excluding hydrogens is 316 g/mol. The molecule has 2 aromatic heterocycles. The fraction of sp³-hybridized carbons (Fsp3) is 0.389. The fourth-order valence-corrected chi connectivity index (χ4v) is 2.13. The van der Waals surface area contributed by atoms with Crippen LogP contribution in [0.1, 0.15) is 31.2 Å². The standard InChI is InChI=1S/C18H22N6O/c1-25-16-8-5-7-15(22-16)23-18-20-12-13(6-3-2-4-11-19)17(24-18)21-14-9-10-14/h5,7-8,12,14H,2,4,9-11,19H2,1H3,(H2,20,21,22,23,24). The molecule has 0 amide bonds. The van der Waals surface area contributed by atoms with E-state index in [1.54, 1.807) is 19.4 Å². The van der Waals surface area contributed by atoms with Gasteiger partial charge in [-0.2, -0.15) is 9.97 Å². The monoisotopic (exact) mass is 338 g/mol. The molecule has 7 nitrogen and oxygen atoms in total. The molecule has 0 spiro atoms. The Kier molecular flexibility index (Phi) is 5.65. The normalized spacial score (nSPS) is 12.9. The Labute approximate surface area is 147 Å². The molecule has 1 aliphatic carbocycles. The number of methoxy groups -OCH3 is 1. The molecule has 2 aromatic rings. The number of nitrogens with zero attached hydrogens (tertiary/aromatic N) is 3. The second-order valence-corrected chi connectivity index (χ2v) is 5.76. The van der Waals surface area contributed by atoms with E-state index >= 15 is 0 Å². The van der Waals surface area contributed by atoms with Crippen molar-refractivity contribution < 1.29 is 4.74 Å². The number of rotatable bonds is 7. The van der Waals surface area contributed by atoms with Crippen LogP contribution < -0.4 is 21.1 Å². The topological polar surface area (TPSA) is 98.0 Å². The number of nitrogens with two attached hydrogens (primary N) is 1. The van der Waals surface area contributed by atoms with Gasteiger partial charge in [0.05, 0.1) is 18.9 Å². The minimum atomic E-state index is 0.469. The van der Waals surface area contributed by atoms with Gasteiger partial charge in [-0.1, -0.05) is 17.9 Å². The zero-order valence-electron chi connectivity index (χ0n) is 14.2. The van der Waals surface area contributed by atoms with Crippen LogP contribution in [0, 0.1) is 11.8 Å². The van der Waals surface area contributed by atoms with Crippen molar-refractivity contribution in [3.63, 3.8) is 0 Å². The minimum Gasteiger partial charge on any atom is -0.481 e. The molecule has 1 saturated carbocycles. The third-order valence-electron chi connectivity index (χ3n) is 3.61. The van der Waals surface area contributed by atoms with Crippen molar-refractivity contribution in [1.82, 2.24) is 15.0 Å². The zero-order chi connectivity index (χ0) is 17.5. The van der Waals surface area contributed by atoms with Crippen LogP contribution in [0.4, 0.5) is 17.6 Å². The molecule has 0 aromatic carbocycles. The van der Waals surface area contributed by atoms with Crippen molar-refractivity contribution in [3.8, 4) is 17.7 Å². The first-order valence-corrected chi connectivity index (χ1v) is 8.39. The first-order chi connectivity index (χ1) is 12.3. The largest absolute Gasteiger partial charge is 0.481 e. The maximum Gasteiger partial charge on any atom is 0.230 e. The summed E-state index contributed by atoms with van der Waals surface area (Å²) in [5.74, 6) is 8.63. The molecule has 0 aliphatic heterocycles. The Hall–Kier alpha value is -2.85. The lowest BCUT2D eigenvalue weighted by atomic mass is 10.2. The molecule has 7 heteroatoms. The SMILES string of the molecule is COc1cccc(Nc2ncc(C#CCCCN)c(NC3CC3)n2)n1. The molecule has 3 rings (SSSR count). The lowest BCUT2D eigenvalue weighted by Gasteiger charge is -2.10. The highest BCUT2D eigenvalue weighted by atomic mass is 16.5. The molecule has 130 valence electrons. The summed E-state index contributed by atoms with van der Waals surface area (Å²) in [5.41, 5.74) is 6.30. The molecule has 25 heavy (non-hydrogen) atoms. The van der Waals surface area contributed by atoms with E-state index < -0.39 is 0 Å². The van der Waals surface area contributed by atoms with Gasteiger partial charge in [0.15, 0.2) is 0 Å². The van der Waals surface area contributed by atoms with Gasteiger partial charge >= 0.3 is 0 Å². The summed E-state index contributed by atoms with van der Waals surface area (Å²) in [6.07, 6.45) is 5.71. The Morgan fingerprint density at radius 1 is 1.32 bits per heavy atom. The van der Waals surface area contributed by atoms with Gasteiger partial charge in [0.1, 0.15) is 11.6 Å². The van der Waals surface area contributed by atoms with Crippen LogP contribution in [0.15, 0.2) is 24.4 Å². The van der Waals surface area contributed by atoms with Crippen LogP contribution in [-0.4, -0.2) is 34.6 Å². The highest BCUT2D eigenvalue weighted by Crippen LogP contribution is 2.26. The summed E-state index contributed by atoms with van der Waals surface area (Å²) in [6, 6.07) is 5.95. The zero-order valence-corrected chi connectivity index (χ0v) is 14.2. The molecule has 0 saturated heterocycles. The first kappa shape index (κ1) is 17.0. The smallest absolute Gasteiger partial charge is 0.230 e. The second-order valence-electron chi connectivity index (χ2n) is 5.76. The van der Waals surface area contributed by atoms with Gasteiger partial charge in [0.25, 0.3) is 0 Å². The number of hydrogen-bond donors (Lipinski definition) is 3. The third kappa shape index (κ3) is 5.06. The van der Waals surface area contributed by atoms with Crippen molar-refractivity contribution in [2.45, 2.75) is 31.7 Å². The van der Waals surface area contributed by atoms with Gasteiger partial charge in [-0.15, -0.1) is 0 Å². The third-order valence-corrected chi connectivity index (χ3v) is 3.61. The first-order valence-electron chi connectivity index (χ1n) is 8.39. The Morgan fingerprint density at radius 3 is 2.96 bits per heavy atom.